The summed E-state index contributed by atoms with van der Waals surface area (Å²) in [4.78, 5) is 34.5. The van der Waals surface area contributed by atoms with Crippen molar-refractivity contribution in [2.24, 2.45) is 11.8 Å². The number of para-hydroxylation sites is 1. The van der Waals surface area contributed by atoms with E-state index in [0.29, 0.717) is 32.4 Å². The number of carbonyl (C=O) groups is 2. The molecular weight excluding hydrogens is 452 g/mol. The normalized spacial score (nSPS) is 23.0. The summed E-state index contributed by atoms with van der Waals surface area (Å²) in [5, 5.41) is 11.3. The molecule has 34 heavy (non-hydrogen) atoms. The Morgan fingerprint density at radius 3 is 2.59 bits per heavy atom. The minimum Gasteiger partial charge on any atom is -0.489 e. The van der Waals surface area contributed by atoms with E-state index in [0.717, 1.165) is 34.7 Å². The fourth-order valence-electron chi connectivity index (χ4n) is 5.09. The van der Waals surface area contributed by atoms with Gasteiger partial charge in [0.05, 0.1) is 28.2 Å². The van der Waals surface area contributed by atoms with Gasteiger partial charge in [-0.15, -0.1) is 11.3 Å². The maximum atomic E-state index is 13.4. The first kappa shape index (κ1) is 22.6. The average Bonchev–Trinajstić information content (AvgIpc) is 3.38. The minimum absolute atomic E-state index is 0.00989. The van der Waals surface area contributed by atoms with Crippen molar-refractivity contribution in [3.8, 4) is 5.75 Å². The number of amides is 2. The molecule has 1 aromatic carbocycles. The van der Waals surface area contributed by atoms with E-state index in [9.17, 15) is 14.8 Å². The summed E-state index contributed by atoms with van der Waals surface area (Å²) < 4.78 is 7.24. The van der Waals surface area contributed by atoms with Gasteiger partial charge in [0, 0.05) is 38.1 Å². The van der Waals surface area contributed by atoms with Gasteiger partial charge in [-0.25, -0.2) is 5.48 Å². The summed E-state index contributed by atoms with van der Waals surface area (Å²) in [6.07, 6.45) is 3.09. The number of nitrogens with one attached hydrogen (secondary N) is 1. The quantitative estimate of drug-likeness (QED) is 0.430. The van der Waals surface area contributed by atoms with Gasteiger partial charge in [0.1, 0.15) is 5.75 Å². The van der Waals surface area contributed by atoms with Crippen LogP contribution in [0.15, 0.2) is 54.0 Å². The van der Waals surface area contributed by atoms with Gasteiger partial charge in [-0.2, -0.15) is 0 Å². The number of pyridine rings is 1. The Balaban J connectivity index is 1.24. The molecule has 9 heteroatoms. The summed E-state index contributed by atoms with van der Waals surface area (Å²) in [6.45, 7) is 2.74. The van der Waals surface area contributed by atoms with Crippen molar-refractivity contribution in [1.29, 1.82) is 0 Å². The molecule has 8 nitrogen and oxygen atoms in total. The molecule has 3 heterocycles. The van der Waals surface area contributed by atoms with Crippen LogP contribution in [0.2, 0.25) is 0 Å². The van der Waals surface area contributed by atoms with Gasteiger partial charge in [-0.3, -0.25) is 19.8 Å². The number of thiophene rings is 1. The first-order valence-corrected chi connectivity index (χ1v) is 12.5. The first-order valence-electron chi connectivity index (χ1n) is 11.7. The molecule has 1 saturated carbocycles. The van der Waals surface area contributed by atoms with E-state index in [-0.39, 0.29) is 12.0 Å². The van der Waals surface area contributed by atoms with Crippen LogP contribution >= 0.6 is 11.3 Å². The van der Waals surface area contributed by atoms with Crippen LogP contribution in [0.1, 0.15) is 19.3 Å². The predicted molar refractivity (Wildman–Crippen MR) is 130 cm³/mol. The molecule has 3 aromatic rings. The zero-order valence-corrected chi connectivity index (χ0v) is 19.6. The number of ether oxygens (including phenoxy) is 1. The second-order valence-corrected chi connectivity index (χ2v) is 9.75. The van der Waals surface area contributed by atoms with Crippen molar-refractivity contribution < 1.29 is 19.5 Å². The highest BCUT2D eigenvalue weighted by Crippen LogP contribution is 2.37. The van der Waals surface area contributed by atoms with Gasteiger partial charge in [-0.05, 0) is 48.9 Å². The third kappa shape index (κ3) is 4.58. The Morgan fingerprint density at radius 1 is 1.03 bits per heavy atom. The molecule has 178 valence electrons. The summed E-state index contributed by atoms with van der Waals surface area (Å²) in [5.74, 6) is -0.886. The molecule has 2 amide bonds. The number of hydrogen-bond donors (Lipinski definition) is 2. The summed E-state index contributed by atoms with van der Waals surface area (Å²) in [7, 11) is 0. The van der Waals surface area contributed by atoms with E-state index in [2.05, 4.69) is 22.0 Å². The third-order valence-electron chi connectivity index (χ3n) is 6.88. The number of hydrogen-bond acceptors (Lipinski definition) is 7. The maximum Gasteiger partial charge on any atom is 0.247 e. The Bertz CT molecular complexity index is 1150. The van der Waals surface area contributed by atoms with Crippen LogP contribution in [0.4, 0.5) is 5.69 Å². The van der Waals surface area contributed by atoms with Crippen LogP contribution in [0.3, 0.4) is 0 Å². The molecule has 0 radical (unpaired) electrons. The van der Waals surface area contributed by atoms with E-state index >= 15 is 0 Å². The molecule has 2 aliphatic rings. The molecule has 3 atom stereocenters. The number of carbonyl (C=O) groups excluding carboxylic acids is 2. The summed E-state index contributed by atoms with van der Waals surface area (Å²) in [5.41, 5.74) is 3.81. The fourth-order valence-corrected chi connectivity index (χ4v) is 5.89. The van der Waals surface area contributed by atoms with Gasteiger partial charge in [0.2, 0.25) is 11.8 Å². The van der Waals surface area contributed by atoms with Crippen LogP contribution in [0.5, 0.6) is 5.75 Å². The monoisotopic (exact) mass is 480 g/mol. The Morgan fingerprint density at radius 2 is 1.82 bits per heavy atom. The Kier molecular flexibility index (Phi) is 6.64. The molecular formula is C25H28N4O4S. The van der Waals surface area contributed by atoms with Crippen molar-refractivity contribution in [2.45, 2.75) is 25.4 Å². The number of anilines is 1. The maximum absolute atomic E-state index is 13.4. The van der Waals surface area contributed by atoms with Crippen molar-refractivity contribution in [2.75, 3.05) is 31.1 Å². The van der Waals surface area contributed by atoms with Crippen LogP contribution in [-0.4, -0.2) is 59.2 Å². The predicted octanol–water partition coefficient (Wildman–Crippen LogP) is 3.31. The van der Waals surface area contributed by atoms with Gasteiger partial charge in [0.15, 0.2) is 0 Å². The second kappa shape index (κ2) is 9.99. The molecule has 1 saturated heterocycles. The number of nitrogens with zero attached hydrogens (tertiary/aromatic N) is 3. The standard InChI is InChI=1S/C25H28N4O4S/c30-24(27-32)20-16-18(33-22-8-10-26-21-9-15-34-23(21)22)6-7-19(20)25(31)29-13-11-28(12-14-29)17-4-2-1-3-5-17/h1-5,8-10,15,18-20,32H,6-7,11-14,16H2,(H,27,30)/t18-,19+,20+/m1/s1. The SMILES string of the molecule is O=C(NO)[C@H]1C[C@H](Oc2ccnc3ccsc23)CC[C@@H]1C(=O)N1CCN(c2ccccc2)CC1. The minimum atomic E-state index is -0.635. The lowest BCUT2D eigenvalue weighted by molar-refractivity contribution is -0.148. The molecule has 2 N–H and O–H groups in total. The number of hydroxylamine groups is 1. The highest BCUT2D eigenvalue weighted by atomic mass is 32.1. The molecule has 0 unspecified atom stereocenters. The van der Waals surface area contributed by atoms with E-state index in [1.54, 1.807) is 23.0 Å². The van der Waals surface area contributed by atoms with Gasteiger partial charge < -0.3 is 14.5 Å². The molecule has 2 fully saturated rings. The zero-order valence-electron chi connectivity index (χ0n) is 18.8. The highest BCUT2D eigenvalue weighted by Gasteiger charge is 2.42. The molecule has 0 spiro atoms. The largest absolute Gasteiger partial charge is 0.489 e. The van der Waals surface area contributed by atoms with E-state index in [4.69, 9.17) is 4.74 Å². The average molecular weight is 481 g/mol. The topological polar surface area (TPSA) is 95.0 Å². The lowest BCUT2D eigenvalue weighted by Gasteiger charge is -2.40. The molecule has 1 aliphatic carbocycles. The second-order valence-electron chi connectivity index (χ2n) is 8.83. The van der Waals surface area contributed by atoms with Crippen molar-refractivity contribution in [1.82, 2.24) is 15.4 Å². The Labute approximate surface area is 202 Å². The molecule has 0 bridgehead atoms. The van der Waals surface area contributed by atoms with Crippen LogP contribution in [-0.2, 0) is 9.59 Å². The van der Waals surface area contributed by atoms with E-state index in [1.807, 2.05) is 40.6 Å². The lowest BCUT2D eigenvalue weighted by Crippen LogP contribution is -2.53. The highest BCUT2D eigenvalue weighted by molar-refractivity contribution is 7.17. The van der Waals surface area contributed by atoms with Crippen molar-refractivity contribution in [3.63, 3.8) is 0 Å². The first-order chi connectivity index (χ1) is 16.6. The van der Waals surface area contributed by atoms with E-state index < -0.39 is 17.7 Å². The smallest absolute Gasteiger partial charge is 0.247 e. The van der Waals surface area contributed by atoms with Gasteiger partial charge >= 0.3 is 0 Å². The molecule has 1 aliphatic heterocycles. The van der Waals surface area contributed by atoms with Crippen LogP contribution in [0, 0.1) is 11.8 Å². The van der Waals surface area contributed by atoms with E-state index in [1.165, 1.54) is 0 Å². The number of piperazine rings is 1. The molecule has 5 rings (SSSR count). The fraction of sp³-hybridized carbons (Fsp3) is 0.400. The number of benzene rings is 1. The van der Waals surface area contributed by atoms with Crippen molar-refractivity contribution in [3.05, 3.63) is 54.0 Å². The summed E-state index contributed by atoms with van der Waals surface area (Å²) >= 11 is 1.57. The van der Waals surface area contributed by atoms with Crippen LogP contribution < -0.4 is 15.1 Å². The number of aromatic nitrogens is 1. The lowest BCUT2D eigenvalue weighted by atomic mass is 9.76. The van der Waals surface area contributed by atoms with Crippen molar-refractivity contribution >= 4 is 39.1 Å². The Hall–Kier alpha value is -3.17. The van der Waals surface area contributed by atoms with Gasteiger partial charge in [0.25, 0.3) is 0 Å². The summed E-state index contributed by atoms with van der Waals surface area (Å²) in [6, 6.07) is 14.0. The van der Waals surface area contributed by atoms with Gasteiger partial charge in [-0.1, -0.05) is 18.2 Å². The number of fused-ring (bicyclic) bond motifs is 1. The number of rotatable bonds is 5. The van der Waals surface area contributed by atoms with Crippen LogP contribution in [0.25, 0.3) is 10.2 Å². The third-order valence-corrected chi connectivity index (χ3v) is 7.80. The molecule has 2 aromatic heterocycles. The zero-order chi connectivity index (χ0) is 23.5.